The summed E-state index contributed by atoms with van der Waals surface area (Å²) in [6, 6.07) is 79.0. The predicted molar refractivity (Wildman–Crippen MR) is 514 cm³/mol. The van der Waals surface area contributed by atoms with E-state index in [-0.39, 0.29) is 137 Å². The molecule has 138 heavy (non-hydrogen) atoms. The minimum Gasteiger partial charge on any atom is -0.497 e. The molecule has 34 heteroatoms. The van der Waals surface area contributed by atoms with Gasteiger partial charge in [-0.2, -0.15) is 9.97 Å². The van der Waals surface area contributed by atoms with Crippen molar-refractivity contribution in [2.24, 2.45) is 0 Å². The van der Waals surface area contributed by atoms with E-state index in [1.54, 1.807) is 33.4 Å². The van der Waals surface area contributed by atoms with Gasteiger partial charge in [-0.25, -0.2) is 24.2 Å². The zero-order valence-electron chi connectivity index (χ0n) is 76.1. The van der Waals surface area contributed by atoms with E-state index in [4.69, 9.17) is 51.5 Å². The van der Waals surface area contributed by atoms with Gasteiger partial charge in [0.15, 0.2) is 11.2 Å². The summed E-state index contributed by atoms with van der Waals surface area (Å²) in [4.78, 5) is 128. The van der Waals surface area contributed by atoms with Crippen LogP contribution in [0.15, 0.2) is 277 Å². The van der Waals surface area contributed by atoms with Crippen molar-refractivity contribution in [3.8, 4) is 44.9 Å². The molecule has 10 N–H and O–H groups in total. The molecule has 0 radical (unpaired) electrons. The number of anilines is 2. The summed E-state index contributed by atoms with van der Waals surface area (Å²) in [6.45, 7) is 1.51. The summed E-state index contributed by atoms with van der Waals surface area (Å²) in [5.41, 5.74) is 12.8. The van der Waals surface area contributed by atoms with Crippen molar-refractivity contribution >= 4 is 67.5 Å². The second kappa shape index (κ2) is 43.2. The fourth-order valence-corrected chi connectivity index (χ4v) is 19.7. The molecule has 4 unspecified atom stereocenters. The normalized spacial score (nSPS) is 17.1. The standard InChI is InChI=1S/C104H101N12O20P.H3N/c1-5-52-132-137(133-61-88-86(117)53-92(134-88)116-62-107-94-95(116)112-99(113-98(94)121)111-91(118)36-21-50-114(2)103(125)130-59-84-80-34-19-13-28-74(80)75-29-14-20-35-81(75)84)136-87-54-93(135-89(87)60-131-104(65-22-7-6-8-23-65,66-41-45-68(126-3)46-42-66)67-43-47-69(127-4)48-44-67)115-51-49-90(110-100(115)122)109-96(119)64-39-37-63(38-40-64)55-105-97(120)85(108-102(124)129-58-83-78-32-17-11-26-72(78)73-27-12-18-33-79(73)83)56-106-101(123)128-57-82-76-30-15-9-24-70(76)71-25-10-16-31-77(71)82;/h6-20,22-35,37-49,51,62,82-89,92-93,117H,5,21,36,50,52-61H2,1-4H3,(H,105,120)(H,106,123)(H,108,124)(H,109,110,119,122)(H2,111,112,113,118,121);1H3/t85?,86?,87?,88-,89-,92-,93-,137?;/m1./s1. The maximum absolute atomic E-state index is 14.6. The van der Waals surface area contributed by atoms with Crippen LogP contribution in [0.3, 0.4) is 0 Å². The number of aromatic amines is 1. The van der Waals surface area contributed by atoms with Crippen molar-refractivity contribution in [1.29, 1.82) is 0 Å². The second-order valence-corrected chi connectivity index (χ2v) is 35.0. The quantitative estimate of drug-likeness (QED) is 0.0102. The number of nitrogens with zero attached hydrogens (tertiary/aromatic N) is 6. The van der Waals surface area contributed by atoms with Crippen LogP contribution in [0.1, 0.15) is 135 Å². The fourth-order valence-electron chi connectivity index (χ4n) is 18.4. The number of carbonyl (C=O) groups excluding carboxylic acids is 6. The molecule has 3 aliphatic carbocycles. The first-order chi connectivity index (χ1) is 66.9. The number of benzene rings is 10. The molecule has 18 rings (SSSR count). The molecule has 33 nitrogen and oxygen atoms in total. The van der Waals surface area contributed by atoms with Gasteiger partial charge in [-0.05, 0) is 144 Å². The molecule has 0 bridgehead atoms. The van der Waals surface area contributed by atoms with Gasteiger partial charge in [0.2, 0.25) is 17.8 Å². The molecule has 13 aromatic rings. The largest absolute Gasteiger partial charge is 0.497 e. The van der Waals surface area contributed by atoms with Gasteiger partial charge < -0.3 is 88.9 Å². The second-order valence-electron chi connectivity index (χ2n) is 33.8. The van der Waals surface area contributed by atoms with Gasteiger partial charge in [-0.15, -0.1) is 0 Å². The monoisotopic (exact) mass is 1890 g/mol. The van der Waals surface area contributed by atoms with Crippen LogP contribution < -0.4 is 53.5 Å². The van der Waals surface area contributed by atoms with E-state index in [0.29, 0.717) is 23.5 Å². The van der Waals surface area contributed by atoms with Crippen LogP contribution in [0, 0.1) is 0 Å². The third-order valence-electron chi connectivity index (χ3n) is 25.3. The molecule has 6 amide bonds. The van der Waals surface area contributed by atoms with Gasteiger partial charge >= 0.3 is 32.6 Å². The number of aliphatic hydroxyl groups is 1. The van der Waals surface area contributed by atoms with Gasteiger partial charge in [-0.1, -0.05) is 219 Å². The lowest BCUT2D eigenvalue weighted by Gasteiger charge is -2.37. The molecule has 0 spiro atoms. The Bertz CT molecular complexity index is 6510. The third-order valence-corrected chi connectivity index (χ3v) is 26.5. The average molecular weight is 1890 g/mol. The fraction of sp³-hybridized carbons (Fsp3) is 0.279. The maximum atomic E-state index is 14.6. The molecule has 2 aliphatic heterocycles. The van der Waals surface area contributed by atoms with Gasteiger partial charge in [0.05, 0.1) is 59.1 Å². The summed E-state index contributed by atoms with van der Waals surface area (Å²) >= 11 is 0. The molecule has 2 fully saturated rings. The number of aromatic nitrogens is 6. The number of carbonyl (C=O) groups is 6. The first-order valence-electron chi connectivity index (χ1n) is 45.4. The van der Waals surface area contributed by atoms with Crippen LogP contribution in [-0.2, 0) is 63.7 Å². The molecule has 10 aromatic carbocycles. The average Bonchev–Trinajstić information content (AvgIpc) is 1.23. The minimum absolute atomic E-state index is 0. The molecular formula is C104H104N13O20P. The number of alkyl carbamates (subject to hydrolysis) is 2. The highest BCUT2D eigenvalue weighted by molar-refractivity contribution is 7.41. The topological polar surface area (TPSA) is 421 Å². The smallest absolute Gasteiger partial charge is 0.409 e. The molecular weight excluding hydrogens is 1780 g/mol. The SMILES string of the molecule is CCCOP(OC[C@H]1O[C@@H](n2cnc3c(=O)[nH]c(NC(=O)CCCN(C)C(=O)OCC4c5ccccc5-c5ccccc54)nc32)CC1O)OC1C[C@H](n2ccc(NC(=O)c3ccc(CNC(=O)C(CNC(=O)OCC4c5ccccc5-c5ccccc54)NC(=O)OCC4c5ccccc5-c5ccccc54)cc3)nc2=O)O[C@@H]1COC(c1ccccc1)(c1ccc(OC)cc1)c1ccc(OC)cc1.N. The number of hydrogen-bond donors (Lipinski definition) is 8. The number of fused-ring (bicyclic) bond motifs is 10. The van der Waals surface area contributed by atoms with E-state index < -0.39 is 104 Å². The number of H-pyrrole nitrogens is 1. The molecule has 3 aromatic heterocycles. The number of aliphatic hydroxyl groups excluding tert-OH is 1. The summed E-state index contributed by atoms with van der Waals surface area (Å²) in [5, 5.41) is 25.4. The van der Waals surface area contributed by atoms with E-state index in [2.05, 4.69) is 58.7 Å². The van der Waals surface area contributed by atoms with Crippen LogP contribution in [0.5, 0.6) is 11.5 Å². The summed E-state index contributed by atoms with van der Waals surface area (Å²) in [5.74, 6) is -1.41. The molecule has 5 aliphatic rings. The first kappa shape index (κ1) is 95.1. The number of hydrogen-bond acceptors (Lipinski definition) is 24. The number of imidazole rings is 1. The highest BCUT2D eigenvalue weighted by Crippen LogP contribution is 2.51. The highest BCUT2D eigenvalue weighted by atomic mass is 31.2. The number of rotatable bonds is 37. The summed E-state index contributed by atoms with van der Waals surface area (Å²) in [7, 11) is 2.43. The summed E-state index contributed by atoms with van der Waals surface area (Å²) < 4.78 is 72.1. The van der Waals surface area contributed by atoms with E-state index in [9.17, 15) is 43.5 Å². The highest BCUT2D eigenvalue weighted by Gasteiger charge is 2.46. The Morgan fingerprint density at radius 3 is 1.62 bits per heavy atom. The Labute approximate surface area is 795 Å². The summed E-state index contributed by atoms with van der Waals surface area (Å²) in [6.07, 6.45) is -4.75. The lowest BCUT2D eigenvalue weighted by Crippen LogP contribution is -2.52. The zero-order valence-corrected chi connectivity index (χ0v) is 77.0. The lowest BCUT2D eigenvalue weighted by molar-refractivity contribution is -0.123. The van der Waals surface area contributed by atoms with Crippen molar-refractivity contribution in [3.63, 3.8) is 0 Å². The Morgan fingerprint density at radius 1 is 0.565 bits per heavy atom. The van der Waals surface area contributed by atoms with Gasteiger partial charge in [-0.3, -0.25) is 38.6 Å². The van der Waals surface area contributed by atoms with Crippen molar-refractivity contribution in [2.45, 2.75) is 112 Å². The van der Waals surface area contributed by atoms with E-state index in [1.807, 2.05) is 219 Å². The van der Waals surface area contributed by atoms with Crippen molar-refractivity contribution < 1.29 is 85.3 Å². The molecule has 0 saturated carbocycles. The molecule has 2 saturated heterocycles. The molecule has 5 heterocycles. The van der Waals surface area contributed by atoms with Crippen LogP contribution in [0.25, 0.3) is 44.5 Å². The maximum Gasteiger partial charge on any atom is 0.409 e. The Balaban J connectivity index is 0.0000132. The Kier molecular flexibility index (Phi) is 29.7. The number of methoxy groups -OCH3 is 2. The van der Waals surface area contributed by atoms with Crippen molar-refractivity contribution in [3.05, 3.63) is 349 Å². The van der Waals surface area contributed by atoms with Crippen LogP contribution >= 0.6 is 8.60 Å². The third kappa shape index (κ3) is 20.7. The van der Waals surface area contributed by atoms with E-state index >= 15 is 0 Å². The van der Waals surface area contributed by atoms with Gasteiger partial charge in [0, 0.05) is 68.9 Å². The van der Waals surface area contributed by atoms with Crippen molar-refractivity contribution in [2.75, 3.05) is 84.6 Å². The Morgan fingerprint density at radius 2 is 1.08 bits per heavy atom. The number of nitrogens with one attached hydrogen (secondary N) is 6. The van der Waals surface area contributed by atoms with E-state index in [1.165, 1.54) is 44.8 Å². The predicted octanol–water partition coefficient (Wildman–Crippen LogP) is 15.5. The van der Waals surface area contributed by atoms with Gasteiger partial charge in [0.25, 0.3) is 11.5 Å². The van der Waals surface area contributed by atoms with Crippen LogP contribution in [0.4, 0.5) is 26.1 Å². The lowest BCUT2D eigenvalue weighted by atomic mass is 9.80. The van der Waals surface area contributed by atoms with Crippen LogP contribution in [0.2, 0.25) is 0 Å². The molecule has 8 atom stereocenters. The number of ether oxygens (including phenoxy) is 8. The van der Waals surface area contributed by atoms with Crippen molar-refractivity contribution in [1.82, 2.24) is 56.1 Å². The number of amides is 6. The van der Waals surface area contributed by atoms with Gasteiger partial charge in [0.1, 0.15) is 73.4 Å². The Hall–Kier alpha value is -14.6. The molecule has 710 valence electrons. The van der Waals surface area contributed by atoms with E-state index in [0.717, 1.165) is 83.5 Å². The van der Waals surface area contributed by atoms with Crippen LogP contribution in [-0.4, -0.2) is 180 Å². The first-order valence-corrected chi connectivity index (χ1v) is 46.5. The zero-order chi connectivity index (χ0) is 94.6. The minimum atomic E-state index is -2.33.